The molecule has 0 aromatic carbocycles. The van der Waals surface area contributed by atoms with Crippen molar-refractivity contribution in [1.29, 1.82) is 0 Å². The van der Waals surface area contributed by atoms with Gasteiger partial charge in [-0.3, -0.25) is 14.4 Å². The van der Waals surface area contributed by atoms with Gasteiger partial charge in [-0.25, -0.2) is 0 Å². The molecule has 2 fully saturated rings. The molecule has 6 heteroatoms. The Balaban J connectivity index is 0.00000132. The van der Waals surface area contributed by atoms with Crippen LogP contribution in [0.15, 0.2) is 34.7 Å². The molecule has 0 aliphatic heterocycles. The number of fused-ring (bicyclic) bond motifs is 3. The first kappa shape index (κ1) is 23.5. The maximum atomic E-state index is 13.1. The number of ether oxygens (including phenoxy) is 1. The number of furan rings is 1. The van der Waals surface area contributed by atoms with Gasteiger partial charge < -0.3 is 14.3 Å². The van der Waals surface area contributed by atoms with Gasteiger partial charge in [-0.2, -0.15) is 0 Å². The molecule has 1 heterocycles. The van der Waals surface area contributed by atoms with Crippen LogP contribution in [0.2, 0.25) is 0 Å². The number of allylic oxidation sites excluding steroid dienone is 1. The highest BCUT2D eigenvalue weighted by molar-refractivity contribution is 5.94. The van der Waals surface area contributed by atoms with Crippen LogP contribution in [0.3, 0.4) is 0 Å². The normalized spacial score (nSPS) is 36.8. The Morgan fingerprint density at radius 3 is 2.52 bits per heavy atom. The summed E-state index contributed by atoms with van der Waals surface area (Å²) >= 11 is 0. The Kier molecular flexibility index (Phi) is 6.89. The monoisotopic (exact) mass is 430 g/mol. The van der Waals surface area contributed by atoms with E-state index in [2.05, 4.69) is 6.92 Å². The molecule has 31 heavy (non-hydrogen) atoms. The summed E-state index contributed by atoms with van der Waals surface area (Å²) in [4.78, 5) is 37.1. The SMILES string of the molecule is CC.CC(=O)O[C@H]1C=C(C(C)=O)C2CC[C@H]3C(=O)CC(c4ccoc4)C[C@]3(C)C2[C@H]1O. The van der Waals surface area contributed by atoms with Crippen molar-refractivity contribution < 1.29 is 28.6 Å². The van der Waals surface area contributed by atoms with Crippen LogP contribution in [-0.4, -0.2) is 34.9 Å². The van der Waals surface area contributed by atoms with Gasteiger partial charge in [0.05, 0.1) is 18.6 Å². The number of hydrogen-bond acceptors (Lipinski definition) is 6. The molecule has 0 saturated heterocycles. The van der Waals surface area contributed by atoms with Crippen LogP contribution in [0.5, 0.6) is 0 Å². The standard InChI is InChI=1S/C23H28O6.C2H6/c1-12(24)17-9-20(29-13(2)25)22(27)21-16(17)4-5-18-19(26)8-15(10-23(18,21)3)14-6-7-28-11-14;1-2/h6-7,9,11,15-16,18,20-22,27H,4-5,8,10H2,1-3H3;1-2H3/t15?,16?,18-,20-,21?,22-,23-;/m0./s1. The lowest BCUT2D eigenvalue weighted by Crippen LogP contribution is -2.59. The van der Waals surface area contributed by atoms with Crippen molar-refractivity contribution in [1.82, 2.24) is 0 Å². The molecule has 0 bridgehead atoms. The van der Waals surface area contributed by atoms with E-state index in [4.69, 9.17) is 9.15 Å². The molecule has 1 aromatic heterocycles. The van der Waals surface area contributed by atoms with Gasteiger partial charge in [0.2, 0.25) is 0 Å². The van der Waals surface area contributed by atoms with Gasteiger partial charge in [0, 0.05) is 25.2 Å². The average molecular weight is 431 g/mol. The fraction of sp³-hybridized carbons (Fsp3) is 0.640. The molecular formula is C25H34O6. The van der Waals surface area contributed by atoms with Crippen molar-refractivity contribution >= 4 is 17.5 Å². The van der Waals surface area contributed by atoms with Gasteiger partial charge in [0.1, 0.15) is 11.9 Å². The quantitative estimate of drug-likeness (QED) is 0.722. The van der Waals surface area contributed by atoms with Crippen molar-refractivity contribution in [3.8, 4) is 0 Å². The van der Waals surface area contributed by atoms with Gasteiger partial charge in [-0.15, -0.1) is 0 Å². The van der Waals surface area contributed by atoms with E-state index in [-0.39, 0.29) is 35.2 Å². The van der Waals surface area contributed by atoms with Crippen molar-refractivity contribution in [3.05, 3.63) is 35.8 Å². The van der Waals surface area contributed by atoms with Crippen LogP contribution in [0.25, 0.3) is 0 Å². The highest BCUT2D eigenvalue weighted by atomic mass is 16.6. The molecule has 0 amide bonds. The first-order chi connectivity index (χ1) is 14.7. The average Bonchev–Trinajstić information content (AvgIpc) is 3.25. The number of esters is 1. The predicted octanol–water partition coefficient (Wildman–Crippen LogP) is 4.22. The van der Waals surface area contributed by atoms with E-state index in [1.54, 1.807) is 18.6 Å². The van der Waals surface area contributed by atoms with Crippen LogP contribution in [0.1, 0.15) is 71.8 Å². The third kappa shape index (κ3) is 4.14. The van der Waals surface area contributed by atoms with Crippen molar-refractivity contribution in [2.75, 3.05) is 0 Å². The predicted molar refractivity (Wildman–Crippen MR) is 115 cm³/mol. The maximum absolute atomic E-state index is 13.1. The summed E-state index contributed by atoms with van der Waals surface area (Å²) in [7, 11) is 0. The Labute approximate surface area is 184 Å². The molecule has 1 aromatic rings. The number of Topliss-reactive ketones (excluding diaryl/α,β-unsaturated/α-hetero) is 2. The van der Waals surface area contributed by atoms with Crippen LogP contribution < -0.4 is 0 Å². The highest BCUT2D eigenvalue weighted by Gasteiger charge is 2.59. The molecule has 3 aliphatic rings. The second-order valence-corrected chi connectivity index (χ2v) is 9.14. The molecule has 7 atom stereocenters. The van der Waals surface area contributed by atoms with Crippen LogP contribution in [0.4, 0.5) is 0 Å². The smallest absolute Gasteiger partial charge is 0.303 e. The topological polar surface area (TPSA) is 93.8 Å². The first-order valence-corrected chi connectivity index (χ1v) is 11.3. The number of aliphatic hydroxyl groups is 1. The number of carbonyl (C=O) groups excluding carboxylic acids is 3. The van der Waals surface area contributed by atoms with E-state index in [0.717, 1.165) is 12.0 Å². The van der Waals surface area contributed by atoms with Crippen LogP contribution in [-0.2, 0) is 19.1 Å². The van der Waals surface area contributed by atoms with Crippen molar-refractivity contribution in [2.45, 2.75) is 78.4 Å². The molecule has 3 unspecified atom stereocenters. The largest absolute Gasteiger partial charge is 0.472 e. The summed E-state index contributed by atoms with van der Waals surface area (Å²) in [5, 5.41) is 11.3. The molecule has 3 aliphatic carbocycles. The highest BCUT2D eigenvalue weighted by Crippen LogP contribution is 2.60. The Hall–Kier alpha value is -2.21. The number of aliphatic hydroxyl groups excluding tert-OH is 1. The van der Waals surface area contributed by atoms with E-state index >= 15 is 0 Å². The number of rotatable bonds is 3. The fourth-order valence-corrected chi connectivity index (χ4v) is 6.34. The van der Waals surface area contributed by atoms with Gasteiger partial charge in [-0.1, -0.05) is 20.8 Å². The molecule has 0 spiro atoms. The first-order valence-electron chi connectivity index (χ1n) is 11.3. The van der Waals surface area contributed by atoms with E-state index in [0.29, 0.717) is 24.8 Å². The number of ketones is 2. The third-order valence-electron chi connectivity index (χ3n) is 7.45. The second-order valence-electron chi connectivity index (χ2n) is 9.14. The van der Waals surface area contributed by atoms with Gasteiger partial charge in [0.15, 0.2) is 5.78 Å². The van der Waals surface area contributed by atoms with E-state index < -0.39 is 23.6 Å². The van der Waals surface area contributed by atoms with Gasteiger partial charge in [-0.05, 0) is 66.7 Å². The fourth-order valence-electron chi connectivity index (χ4n) is 6.34. The minimum Gasteiger partial charge on any atom is -0.472 e. The van der Waals surface area contributed by atoms with Gasteiger partial charge in [0.25, 0.3) is 0 Å². The van der Waals surface area contributed by atoms with E-state index in [1.165, 1.54) is 13.8 Å². The van der Waals surface area contributed by atoms with Crippen LogP contribution >= 0.6 is 0 Å². The lowest BCUT2D eigenvalue weighted by Gasteiger charge is -2.57. The zero-order chi connectivity index (χ0) is 22.9. The van der Waals surface area contributed by atoms with Gasteiger partial charge >= 0.3 is 5.97 Å². The van der Waals surface area contributed by atoms with Crippen molar-refractivity contribution in [2.24, 2.45) is 23.2 Å². The number of carbonyl (C=O) groups is 3. The Bertz CT molecular complexity index is 853. The Morgan fingerprint density at radius 2 is 1.94 bits per heavy atom. The Morgan fingerprint density at radius 1 is 1.23 bits per heavy atom. The molecule has 2 saturated carbocycles. The maximum Gasteiger partial charge on any atom is 0.303 e. The summed E-state index contributed by atoms with van der Waals surface area (Å²) in [5.74, 6) is -0.962. The van der Waals surface area contributed by atoms with E-state index in [9.17, 15) is 19.5 Å². The van der Waals surface area contributed by atoms with Crippen molar-refractivity contribution in [3.63, 3.8) is 0 Å². The summed E-state index contributed by atoms with van der Waals surface area (Å²) < 4.78 is 10.6. The molecule has 170 valence electrons. The second kappa shape index (κ2) is 9.11. The minimum atomic E-state index is -0.948. The molecular weight excluding hydrogens is 396 g/mol. The summed E-state index contributed by atoms with van der Waals surface area (Å²) in [6, 6.07) is 1.89. The summed E-state index contributed by atoms with van der Waals surface area (Å²) in [6.45, 7) is 8.88. The van der Waals surface area contributed by atoms with Crippen LogP contribution in [0, 0.1) is 23.2 Å². The lowest BCUT2D eigenvalue weighted by atomic mass is 9.47. The molecule has 0 radical (unpaired) electrons. The summed E-state index contributed by atoms with van der Waals surface area (Å²) in [5.41, 5.74) is 1.11. The molecule has 6 nitrogen and oxygen atoms in total. The number of hydrogen-bond donors (Lipinski definition) is 1. The van der Waals surface area contributed by atoms with E-state index in [1.807, 2.05) is 19.9 Å². The minimum absolute atomic E-state index is 0.0207. The third-order valence-corrected chi connectivity index (χ3v) is 7.45. The molecule has 4 rings (SSSR count). The summed E-state index contributed by atoms with van der Waals surface area (Å²) in [6.07, 6.45) is 5.69. The zero-order valence-electron chi connectivity index (χ0n) is 19.1. The lowest BCUT2D eigenvalue weighted by molar-refractivity contribution is -0.168. The zero-order valence-corrected chi connectivity index (χ0v) is 19.1. The molecule has 1 N–H and O–H groups in total.